The van der Waals surface area contributed by atoms with Crippen molar-refractivity contribution in [3.05, 3.63) is 62.7 Å². The van der Waals surface area contributed by atoms with E-state index in [0.29, 0.717) is 25.1 Å². The van der Waals surface area contributed by atoms with Crippen LogP contribution in [0.4, 0.5) is 0 Å². The fourth-order valence-corrected chi connectivity index (χ4v) is 3.39. The van der Waals surface area contributed by atoms with Gasteiger partial charge in [0.2, 0.25) is 0 Å². The number of hydrogen-bond acceptors (Lipinski definition) is 5. The van der Waals surface area contributed by atoms with Gasteiger partial charge in [-0.1, -0.05) is 6.07 Å². The Morgan fingerprint density at radius 2 is 2.25 bits per heavy atom. The zero-order valence-electron chi connectivity index (χ0n) is 13.9. The molecule has 0 spiro atoms. The largest absolute Gasteiger partial charge is 0.387 e. The molecule has 1 aliphatic rings. The maximum absolute atomic E-state index is 12.1. The summed E-state index contributed by atoms with van der Waals surface area (Å²) in [6.07, 6.45) is 5.71. The molecule has 2 aromatic rings. The fourth-order valence-electron chi connectivity index (χ4n) is 3.39. The molecule has 1 fully saturated rings. The van der Waals surface area contributed by atoms with Crippen molar-refractivity contribution in [3.63, 3.8) is 0 Å². The van der Waals surface area contributed by atoms with Gasteiger partial charge in [-0.3, -0.25) is 24.2 Å². The quantitative estimate of drug-likeness (QED) is 0.852. The number of β-amino-alcohol motifs (C(OH)–C–C–N with tert-alkyl or cyclic N) is 1. The normalized spacial score (nSPS) is 24.9. The van der Waals surface area contributed by atoms with Crippen molar-refractivity contribution >= 4 is 0 Å². The Labute approximate surface area is 139 Å². The number of aliphatic hydroxyl groups is 1. The summed E-state index contributed by atoms with van der Waals surface area (Å²) in [5, 5.41) is 10.9. The zero-order valence-corrected chi connectivity index (χ0v) is 13.9. The molecule has 0 radical (unpaired) electrons. The molecule has 128 valence electrons. The molecule has 24 heavy (non-hydrogen) atoms. The predicted octanol–water partition coefficient (Wildman–Crippen LogP) is 0.438. The molecular formula is C17H22N4O3. The van der Waals surface area contributed by atoms with Gasteiger partial charge < -0.3 is 5.11 Å². The van der Waals surface area contributed by atoms with Crippen molar-refractivity contribution in [3.8, 4) is 0 Å². The molecule has 0 amide bonds. The highest BCUT2D eigenvalue weighted by Gasteiger charge is 2.39. The van der Waals surface area contributed by atoms with Crippen molar-refractivity contribution in [1.29, 1.82) is 0 Å². The Bertz CT molecular complexity index is 826. The van der Waals surface area contributed by atoms with Crippen molar-refractivity contribution in [1.82, 2.24) is 19.4 Å². The maximum Gasteiger partial charge on any atom is 0.328 e. The summed E-state index contributed by atoms with van der Waals surface area (Å²) in [5.41, 5.74) is -0.386. The van der Waals surface area contributed by atoms with Crippen molar-refractivity contribution in [2.24, 2.45) is 0 Å². The van der Waals surface area contributed by atoms with E-state index in [-0.39, 0.29) is 11.6 Å². The molecule has 0 saturated carbocycles. The van der Waals surface area contributed by atoms with Gasteiger partial charge in [-0.05, 0) is 31.9 Å². The molecule has 0 bridgehead atoms. The number of rotatable bonds is 3. The number of aromatic nitrogens is 3. The number of nitrogens with zero attached hydrogens (tertiary/aromatic N) is 3. The van der Waals surface area contributed by atoms with E-state index < -0.39 is 11.3 Å². The highest BCUT2D eigenvalue weighted by Crippen LogP contribution is 2.31. The highest BCUT2D eigenvalue weighted by atomic mass is 16.3. The van der Waals surface area contributed by atoms with Crippen LogP contribution in [-0.4, -0.2) is 43.2 Å². The van der Waals surface area contributed by atoms with Gasteiger partial charge in [0.15, 0.2) is 0 Å². The molecule has 0 unspecified atom stereocenters. The number of aromatic amines is 1. The van der Waals surface area contributed by atoms with E-state index in [1.807, 2.05) is 18.3 Å². The van der Waals surface area contributed by atoms with Gasteiger partial charge in [0.05, 0.1) is 11.6 Å². The van der Waals surface area contributed by atoms with Gasteiger partial charge in [0, 0.05) is 43.8 Å². The lowest BCUT2D eigenvalue weighted by molar-refractivity contribution is -0.0603. The van der Waals surface area contributed by atoms with E-state index in [1.54, 1.807) is 20.0 Å². The second-order valence-electron chi connectivity index (χ2n) is 6.71. The van der Waals surface area contributed by atoms with Crippen LogP contribution in [0.15, 0.2) is 40.3 Å². The number of hydrogen-bond donors (Lipinski definition) is 2. The molecule has 2 atom stereocenters. The van der Waals surface area contributed by atoms with Crippen LogP contribution in [0.3, 0.4) is 0 Å². The number of nitrogens with one attached hydrogen (secondary N) is 1. The third kappa shape index (κ3) is 3.32. The first-order valence-electron chi connectivity index (χ1n) is 8.02. The molecule has 3 rings (SSSR count). The summed E-state index contributed by atoms with van der Waals surface area (Å²) in [7, 11) is 0. The minimum Gasteiger partial charge on any atom is -0.387 e. The van der Waals surface area contributed by atoms with E-state index in [2.05, 4.69) is 14.9 Å². The second kappa shape index (κ2) is 6.33. The van der Waals surface area contributed by atoms with Gasteiger partial charge in [-0.25, -0.2) is 4.79 Å². The zero-order chi connectivity index (χ0) is 17.3. The van der Waals surface area contributed by atoms with E-state index in [1.165, 1.54) is 10.8 Å². The van der Waals surface area contributed by atoms with Crippen molar-refractivity contribution < 1.29 is 5.11 Å². The molecule has 0 aromatic carbocycles. The van der Waals surface area contributed by atoms with Crippen LogP contribution in [0.5, 0.6) is 0 Å². The molecular weight excluding hydrogens is 308 g/mol. The SMILES string of the molecule is Cc1cn([C@H]2CCN(Cc3cccnc3)C[C@]2(C)O)c(=O)[nH]c1=O. The third-order valence-electron chi connectivity index (χ3n) is 4.59. The first-order chi connectivity index (χ1) is 11.4. The lowest BCUT2D eigenvalue weighted by atomic mass is 9.88. The number of likely N-dealkylation sites (tertiary alicyclic amines) is 1. The monoisotopic (exact) mass is 330 g/mol. The fraction of sp³-hybridized carbons (Fsp3) is 0.471. The summed E-state index contributed by atoms with van der Waals surface area (Å²) in [6, 6.07) is 3.53. The van der Waals surface area contributed by atoms with Crippen LogP contribution in [-0.2, 0) is 6.54 Å². The van der Waals surface area contributed by atoms with Crippen LogP contribution < -0.4 is 11.2 Å². The van der Waals surface area contributed by atoms with E-state index in [0.717, 1.165) is 12.1 Å². The van der Waals surface area contributed by atoms with Crippen molar-refractivity contribution in [2.75, 3.05) is 13.1 Å². The standard InChI is InChI=1S/C17H22N4O3/c1-12-9-21(16(23)19-15(12)22)14-5-7-20(11-17(14,2)24)10-13-4-3-6-18-8-13/h3-4,6,8-9,14,24H,5,7,10-11H2,1-2H3,(H,19,22,23)/t14-,17-/m0/s1. The first kappa shape index (κ1) is 16.6. The first-order valence-corrected chi connectivity index (χ1v) is 8.02. The van der Waals surface area contributed by atoms with Gasteiger partial charge in [0.1, 0.15) is 0 Å². The molecule has 7 heteroatoms. The number of H-pyrrole nitrogens is 1. The molecule has 1 saturated heterocycles. The molecule has 3 heterocycles. The summed E-state index contributed by atoms with van der Waals surface area (Å²) in [5.74, 6) is 0. The Morgan fingerprint density at radius 3 is 2.92 bits per heavy atom. The lowest BCUT2D eigenvalue weighted by Crippen LogP contribution is -2.54. The maximum atomic E-state index is 12.1. The Kier molecular flexibility index (Phi) is 4.38. The lowest BCUT2D eigenvalue weighted by Gasteiger charge is -2.43. The van der Waals surface area contributed by atoms with Gasteiger partial charge >= 0.3 is 5.69 Å². The summed E-state index contributed by atoms with van der Waals surface area (Å²) < 4.78 is 1.46. The van der Waals surface area contributed by atoms with Crippen molar-refractivity contribution in [2.45, 2.75) is 38.5 Å². The summed E-state index contributed by atoms with van der Waals surface area (Å²) in [4.78, 5) is 32.2. The van der Waals surface area contributed by atoms with E-state index in [9.17, 15) is 14.7 Å². The number of piperidine rings is 1. The average Bonchev–Trinajstić information content (AvgIpc) is 2.52. The van der Waals surface area contributed by atoms with Crippen LogP contribution >= 0.6 is 0 Å². The molecule has 7 nitrogen and oxygen atoms in total. The predicted molar refractivity (Wildman–Crippen MR) is 89.9 cm³/mol. The van der Waals surface area contributed by atoms with E-state index in [4.69, 9.17) is 0 Å². The van der Waals surface area contributed by atoms with E-state index >= 15 is 0 Å². The Morgan fingerprint density at radius 1 is 1.46 bits per heavy atom. The molecule has 0 aliphatic carbocycles. The number of aryl methyl sites for hydroxylation is 1. The highest BCUT2D eigenvalue weighted by molar-refractivity contribution is 5.10. The van der Waals surface area contributed by atoms with Gasteiger partial charge in [-0.15, -0.1) is 0 Å². The summed E-state index contributed by atoms with van der Waals surface area (Å²) >= 11 is 0. The topological polar surface area (TPSA) is 91.2 Å². The Hall–Kier alpha value is -2.25. The minimum absolute atomic E-state index is 0.370. The van der Waals surface area contributed by atoms with Gasteiger partial charge in [-0.2, -0.15) is 0 Å². The summed E-state index contributed by atoms with van der Waals surface area (Å²) in [6.45, 7) is 5.29. The van der Waals surface area contributed by atoms with Crippen LogP contribution in [0.25, 0.3) is 0 Å². The second-order valence-corrected chi connectivity index (χ2v) is 6.71. The van der Waals surface area contributed by atoms with Crippen LogP contribution in [0.1, 0.15) is 30.5 Å². The molecule has 1 aliphatic heterocycles. The smallest absolute Gasteiger partial charge is 0.328 e. The minimum atomic E-state index is -1.07. The van der Waals surface area contributed by atoms with Crippen LogP contribution in [0, 0.1) is 6.92 Å². The third-order valence-corrected chi connectivity index (χ3v) is 4.59. The van der Waals surface area contributed by atoms with Gasteiger partial charge in [0.25, 0.3) is 5.56 Å². The van der Waals surface area contributed by atoms with Crippen LogP contribution in [0.2, 0.25) is 0 Å². The number of pyridine rings is 1. The Balaban J connectivity index is 1.81. The molecule has 2 N–H and O–H groups in total. The molecule has 2 aromatic heterocycles. The average molecular weight is 330 g/mol.